The van der Waals surface area contributed by atoms with Gasteiger partial charge in [0.15, 0.2) is 0 Å². The molecule has 0 bridgehead atoms. The Hall–Kier alpha value is -4.05. The summed E-state index contributed by atoms with van der Waals surface area (Å²) in [5.74, 6) is -1.57. The van der Waals surface area contributed by atoms with E-state index < -0.39 is 22.8 Å². The minimum absolute atomic E-state index is 0.0879. The number of rotatable bonds is 6. The van der Waals surface area contributed by atoms with Crippen LogP contribution in [0, 0.1) is 10.1 Å². The Morgan fingerprint density at radius 3 is 2.48 bits per heavy atom. The van der Waals surface area contributed by atoms with Gasteiger partial charge in [0.05, 0.1) is 18.1 Å². The highest BCUT2D eigenvalue weighted by Gasteiger charge is 2.35. The second-order valence-corrected chi connectivity index (χ2v) is 7.61. The molecule has 2 heterocycles. The third kappa shape index (κ3) is 4.90. The van der Waals surface area contributed by atoms with Crippen molar-refractivity contribution in [2.45, 2.75) is 6.42 Å². The predicted molar refractivity (Wildman–Crippen MR) is 120 cm³/mol. The van der Waals surface area contributed by atoms with Crippen LogP contribution in [0.4, 0.5) is 16.2 Å². The van der Waals surface area contributed by atoms with Crippen molar-refractivity contribution >= 4 is 35.3 Å². The summed E-state index contributed by atoms with van der Waals surface area (Å²) in [7, 11) is 0. The number of barbiturate groups is 1. The Morgan fingerprint density at radius 2 is 1.79 bits per heavy atom. The summed E-state index contributed by atoms with van der Waals surface area (Å²) in [5.41, 5.74) is 1.51. The second-order valence-electron chi connectivity index (χ2n) is 7.61. The molecule has 1 N–H and O–H groups in total. The van der Waals surface area contributed by atoms with Gasteiger partial charge in [-0.05, 0) is 24.1 Å². The number of carbonyl (C=O) groups excluding carboxylic acids is 3. The zero-order valence-electron chi connectivity index (χ0n) is 17.7. The second kappa shape index (κ2) is 9.61. The fraction of sp³-hybridized carbons (Fsp3) is 0.261. The Morgan fingerprint density at radius 1 is 1.06 bits per heavy atom. The summed E-state index contributed by atoms with van der Waals surface area (Å²) in [6, 6.07) is 12.9. The summed E-state index contributed by atoms with van der Waals surface area (Å²) in [5, 5.41) is 13.5. The molecule has 10 nitrogen and oxygen atoms in total. The summed E-state index contributed by atoms with van der Waals surface area (Å²) >= 11 is 0. The number of carbonyl (C=O) groups is 3. The standard InChI is InChI=1S/C23H22N4O6/c28-21-19(22(29)26(23(30)24-21)9-8-16-4-2-1-3-5-16)15-17-14-18(27(31)32)6-7-20(17)25-10-12-33-13-11-25/h1-7,14-15H,8-13H2,(H,24,28,30). The van der Waals surface area contributed by atoms with Crippen LogP contribution in [0.25, 0.3) is 6.08 Å². The number of imide groups is 2. The number of benzene rings is 2. The molecule has 2 aliphatic rings. The lowest BCUT2D eigenvalue weighted by atomic mass is 10.0. The molecule has 2 fully saturated rings. The smallest absolute Gasteiger partial charge is 0.331 e. The normalized spacial score (nSPS) is 17.9. The van der Waals surface area contributed by atoms with Crippen LogP contribution in [0.1, 0.15) is 11.1 Å². The van der Waals surface area contributed by atoms with Crippen molar-refractivity contribution in [1.82, 2.24) is 10.2 Å². The van der Waals surface area contributed by atoms with E-state index in [4.69, 9.17) is 4.74 Å². The number of hydrogen-bond acceptors (Lipinski definition) is 7. The maximum atomic E-state index is 13.1. The van der Waals surface area contributed by atoms with E-state index >= 15 is 0 Å². The molecule has 0 aromatic heterocycles. The van der Waals surface area contributed by atoms with Crippen molar-refractivity contribution in [3.8, 4) is 0 Å². The molecule has 0 saturated carbocycles. The van der Waals surface area contributed by atoms with Crippen LogP contribution in [-0.2, 0) is 20.7 Å². The van der Waals surface area contributed by atoms with E-state index in [1.54, 1.807) is 6.07 Å². The first kappa shape index (κ1) is 22.2. The SMILES string of the molecule is O=C1NC(=O)N(CCc2ccccc2)C(=O)C1=Cc1cc([N+](=O)[O-])ccc1N1CCOCC1. The summed E-state index contributed by atoms with van der Waals surface area (Å²) in [4.78, 5) is 51.7. The van der Waals surface area contributed by atoms with Crippen LogP contribution < -0.4 is 10.2 Å². The fourth-order valence-corrected chi connectivity index (χ4v) is 3.80. The highest BCUT2D eigenvalue weighted by atomic mass is 16.6. The van der Waals surface area contributed by atoms with Crippen LogP contribution in [0.3, 0.4) is 0 Å². The lowest BCUT2D eigenvalue weighted by Gasteiger charge is -2.30. The minimum Gasteiger partial charge on any atom is -0.378 e. The zero-order chi connectivity index (χ0) is 23.4. The van der Waals surface area contributed by atoms with E-state index in [0.29, 0.717) is 44.0 Å². The van der Waals surface area contributed by atoms with Crippen molar-refractivity contribution < 1.29 is 24.0 Å². The summed E-state index contributed by atoms with van der Waals surface area (Å²) in [6.07, 6.45) is 1.74. The van der Waals surface area contributed by atoms with Crippen LogP contribution in [0.15, 0.2) is 54.1 Å². The van der Waals surface area contributed by atoms with Crippen molar-refractivity contribution in [2.24, 2.45) is 0 Å². The maximum Gasteiger partial charge on any atom is 0.331 e. The van der Waals surface area contributed by atoms with Crippen LogP contribution in [0.5, 0.6) is 0 Å². The van der Waals surface area contributed by atoms with Gasteiger partial charge in [-0.2, -0.15) is 0 Å². The van der Waals surface area contributed by atoms with Crippen molar-refractivity contribution in [3.63, 3.8) is 0 Å². The number of anilines is 1. The van der Waals surface area contributed by atoms with Gasteiger partial charge >= 0.3 is 6.03 Å². The molecule has 10 heteroatoms. The lowest BCUT2D eigenvalue weighted by molar-refractivity contribution is -0.384. The van der Waals surface area contributed by atoms with E-state index in [2.05, 4.69) is 5.32 Å². The molecule has 33 heavy (non-hydrogen) atoms. The number of nitro benzene ring substituents is 1. The molecule has 2 saturated heterocycles. The monoisotopic (exact) mass is 450 g/mol. The molecule has 0 atom stereocenters. The highest BCUT2D eigenvalue weighted by Crippen LogP contribution is 2.29. The average Bonchev–Trinajstić information content (AvgIpc) is 2.82. The summed E-state index contributed by atoms with van der Waals surface area (Å²) in [6.45, 7) is 2.21. The fourth-order valence-electron chi connectivity index (χ4n) is 3.80. The number of ether oxygens (including phenoxy) is 1. The molecular weight excluding hydrogens is 428 g/mol. The van der Waals surface area contributed by atoms with Gasteiger partial charge in [0.25, 0.3) is 17.5 Å². The van der Waals surface area contributed by atoms with Gasteiger partial charge in [0.1, 0.15) is 5.57 Å². The molecule has 4 rings (SSSR count). The zero-order valence-corrected chi connectivity index (χ0v) is 17.7. The first-order valence-electron chi connectivity index (χ1n) is 10.5. The third-order valence-electron chi connectivity index (χ3n) is 5.53. The quantitative estimate of drug-likeness (QED) is 0.310. The molecular formula is C23H22N4O6. The molecule has 0 aliphatic carbocycles. The third-order valence-corrected chi connectivity index (χ3v) is 5.53. The molecule has 4 amide bonds. The van der Waals surface area contributed by atoms with Crippen molar-refractivity contribution in [1.29, 1.82) is 0 Å². The molecule has 170 valence electrons. The highest BCUT2D eigenvalue weighted by molar-refractivity contribution is 6.31. The Kier molecular flexibility index (Phi) is 6.45. The van der Waals surface area contributed by atoms with E-state index in [-0.39, 0.29) is 17.8 Å². The maximum absolute atomic E-state index is 13.1. The van der Waals surface area contributed by atoms with Crippen LogP contribution in [0.2, 0.25) is 0 Å². The Balaban J connectivity index is 1.66. The molecule has 2 aliphatic heterocycles. The number of nitrogens with one attached hydrogen (secondary N) is 1. The van der Waals surface area contributed by atoms with E-state index in [0.717, 1.165) is 10.5 Å². The average molecular weight is 450 g/mol. The van der Waals surface area contributed by atoms with E-state index in [1.807, 2.05) is 35.2 Å². The van der Waals surface area contributed by atoms with Crippen LogP contribution in [-0.4, -0.2) is 60.5 Å². The number of morpholine rings is 1. The number of amides is 4. The molecule has 0 spiro atoms. The minimum atomic E-state index is -0.833. The number of nitro groups is 1. The van der Waals surface area contributed by atoms with Gasteiger partial charge in [0, 0.05) is 43.0 Å². The van der Waals surface area contributed by atoms with Crippen molar-refractivity contribution in [2.75, 3.05) is 37.7 Å². The molecule has 2 aromatic rings. The molecule has 2 aromatic carbocycles. The largest absolute Gasteiger partial charge is 0.378 e. The summed E-state index contributed by atoms with van der Waals surface area (Å²) < 4.78 is 5.37. The van der Waals surface area contributed by atoms with Gasteiger partial charge in [0.2, 0.25) is 0 Å². The van der Waals surface area contributed by atoms with Gasteiger partial charge in [-0.1, -0.05) is 30.3 Å². The van der Waals surface area contributed by atoms with Gasteiger partial charge < -0.3 is 9.64 Å². The number of hydrogen-bond donors (Lipinski definition) is 1. The Labute approximate surface area is 189 Å². The van der Waals surface area contributed by atoms with Crippen LogP contribution >= 0.6 is 0 Å². The van der Waals surface area contributed by atoms with Crippen molar-refractivity contribution in [3.05, 3.63) is 75.3 Å². The lowest BCUT2D eigenvalue weighted by Crippen LogP contribution is -2.54. The topological polar surface area (TPSA) is 122 Å². The predicted octanol–water partition coefficient (Wildman–Crippen LogP) is 2.14. The number of nitrogens with zero attached hydrogens (tertiary/aromatic N) is 3. The Bertz CT molecular complexity index is 1130. The number of urea groups is 1. The van der Waals surface area contributed by atoms with E-state index in [1.165, 1.54) is 18.2 Å². The van der Waals surface area contributed by atoms with E-state index in [9.17, 15) is 24.5 Å². The van der Waals surface area contributed by atoms with Gasteiger partial charge in [-0.15, -0.1) is 0 Å². The first-order chi connectivity index (χ1) is 15.9. The molecule has 0 radical (unpaired) electrons. The first-order valence-corrected chi connectivity index (χ1v) is 10.5. The van der Waals surface area contributed by atoms with Gasteiger partial charge in [-0.3, -0.25) is 29.9 Å². The van der Waals surface area contributed by atoms with Gasteiger partial charge in [-0.25, -0.2) is 4.79 Å². The molecule has 0 unspecified atom stereocenters. The number of non-ortho nitro benzene ring substituents is 1.